The van der Waals surface area contributed by atoms with E-state index in [-0.39, 0.29) is 11.9 Å². The molecule has 2 aromatic rings. The van der Waals surface area contributed by atoms with Crippen molar-refractivity contribution in [1.82, 2.24) is 0 Å². The zero-order chi connectivity index (χ0) is 18.2. The van der Waals surface area contributed by atoms with Crippen LogP contribution in [0.3, 0.4) is 0 Å². The lowest BCUT2D eigenvalue weighted by Gasteiger charge is -2.11. The highest BCUT2D eigenvalue weighted by molar-refractivity contribution is 5.92. The van der Waals surface area contributed by atoms with Crippen molar-refractivity contribution in [2.45, 2.75) is 26.4 Å². The van der Waals surface area contributed by atoms with Gasteiger partial charge in [0.2, 0.25) is 0 Å². The first-order valence-corrected chi connectivity index (χ1v) is 8.17. The number of nitrogens with zero attached hydrogens (tertiary/aromatic N) is 1. The number of phenolic OH excluding ortho intramolecular Hbond substituents is 1. The molecule has 0 unspecified atom stereocenters. The van der Waals surface area contributed by atoms with E-state index in [1.165, 1.54) is 7.11 Å². The monoisotopic (exact) mass is 343 g/mol. The lowest BCUT2D eigenvalue weighted by atomic mass is 10.1. The second-order valence-corrected chi connectivity index (χ2v) is 5.84. The Labute approximate surface area is 148 Å². The highest BCUT2D eigenvalue weighted by Gasteiger charge is 2.03. The van der Waals surface area contributed by atoms with Crippen LogP contribution in [0.25, 0.3) is 0 Å². The van der Waals surface area contributed by atoms with Crippen molar-refractivity contribution in [2.75, 3.05) is 19.0 Å². The Kier molecular flexibility index (Phi) is 6.51. The van der Waals surface area contributed by atoms with Crippen LogP contribution in [0.5, 0.6) is 17.2 Å². The Morgan fingerprint density at radius 3 is 2.56 bits per heavy atom. The SMILES string of the molecule is COc1cc(CCN=C(N)Nc2ccc(OC(C)C)cc2)ccc1O. The van der Waals surface area contributed by atoms with Crippen LogP contribution in [0.15, 0.2) is 47.5 Å². The first kappa shape index (κ1) is 18.4. The minimum Gasteiger partial charge on any atom is -0.504 e. The van der Waals surface area contributed by atoms with Crippen LogP contribution < -0.4 is 20.5 Å². The molecule has 2 aromatic carbocycles. The molecular formula is C19H25N3O3. The molecule has 2 rings (SSSR count). The van der Waals surface area contributed by atoms with E-state index in [0.29, 0.717) is 24.7 Å². The smallest absolute Gasteiger partial charge is 0.193 e. The van der Waals surface area contributed by atoms with Gasteiger partial charge < -0.3 is 25.6 Å². The molecule has 0 aliphatic heterocycles. The number of benzene rings is 2. The van der Waals surface area contributed by atoms with E-state index < -0.39 is 0 Å². The summed E-state index contributed by atoms with van der Waals surface area (Å²) in [5.74, 6) is 1.75. The van der Waals surface area contributed by atoms with Gasteiger partial charge in [-0.05, 0) is 62.2 Å². The second kappa shape index (κ2) is 8.82. The summed E-state index contributed by atoms with van der Waals surface area (Å²) in [6.07, 6.45) is 0.837. The number of aromatic hydroxyl groups is 1. The van der Waals surface area contributed by atoms with Crippen LogP contribution in [0.4, 0.5) is 5.69 Å². The predicted molar refractivity (Wildman–Crippen MR) is 101 cm³/mol. The molecule has 0 heterocycles. The van der Waals surface area contributed by atoms with E-state index in [0.717, 1.165) is 17.0 Å². The normalized spacial score (nSPS) is 11.4. The van der Waals surface area contributed by atoms with Gasteiger partial charge in [-0.25, -0.2) is 0 Å². The van der Waals surface area contributed by atoms with Gasteiger partial charge in [0.05, 0.1) is 13.2 Å². The van der Waals surface area contributed by atoms with Crippen molar-refractivity contribution in [1.29, 1.82) is 0 Å². The summed E-state index contributed by atoms with van der Waals surface area (Å²) in [5.41, 5.74) is 7.78. The molecule has 0 aliphatic rings. The van der Waals surface area contributed by atoms with E-state index in [9.17, 15) is 5.11 Å². The van der Waals surface area contributed by atoms with Crippen LogP contribution in [-0.2, 0) is 6.42 Å². The fraction of sp³-hybridized carbons (Fsp3) is 0.316. The number of hydrogen-bond acceptors (Lipinski definition) is 4. The van der Waals surface area contributed by atoms with Crippen LogP contribution in [0.1, 0.15) is 19.4 Å². The lowest BCUT2D eigenvalue weighted by Crippen LogP contribution is -2.23. The van der Waals surface area contributed by atoms with Crippen LogP contribution >= 0.6 is 0 Å². The van der Waals surface area contributed by atoms with E-state index >= 15 is 0 Å². The topological polar surface area (TPSA) is 89.1 Å². The van der Waals surface area contributed by atoms with Gasteiger partial charge in [-0.2, -0.15) is 0 Å². The zero-order valence-corrected chi connectivity index (χ0v) is 14.8. The molecule has 0 saturated heterocycles. The molecule has 0 radical (unpaired) electrons. The summed E-state index contributed by atoms with van der Waals surface area (Å²) in [7, 11) is 1.52. The molecular weight excluding hydrogens is 318 g/mol. The summed E-state index contributed by atoms with van der Waals surface area (Å²) in [5, 5.41) is 12.6. The summed E-state index contributed by atoms with van der Waals surface area (Å²) < 4.78 is 10.7. The average molecular weight is 343 g/mol. The van der Waals surface area contributed by atoms with E-state index in [1.807, 2.05) is 44.2 Å². The number of phenols is 1. The quantitative estimate of drug-likeness (QED) is 0.531. The first-order valence-electron chi connectivity index (χ1n) is 8.17. The minimum atomic E-state index is 0.126. The number of nitrogens with two attached hydrogens (primary N) is 1. The maximum absolute atomic E-state index is 9.59. The van der Waals surface area contributed by atoms with Gasteiger partial charge in [-0.3, -0.25) is 4.99 Å². The highest BCUT2D eigenvalue weighted by Crippen LogP contribution is 2.26. The van der Waals surface area contributed by atoms with E-state index in [1.54, 1.807) is 12.1 Å². The Hall–Kier alpha value is -2.89. The second-order valence-electron chi connectivity index (χ2n) is 5.84. The number of nitrogens with one attached hydrogen (secondary N) is 1. The van der Waals surface area contributed by atoms with Gasteiger partial charge in [0.1, 0.15) is 5.75 Å². The molecule has 0 amide bonds. The number of anilines is 1. The molecule has 0 atom stereocenters. The van der Waals surface area contributed by atoms with Gasteiger partial charge >= 0.3 is 0 Å². The lowest BCUT2D eigenvalue weighted by molar-refractivity contribution is 0.242. The fourth-order valence-corrected chi connectivity index (χ4v) is 2.26. The molecule has 0 saturated carbocycles. The summed E-state index contributed by atoms with van der Waals surface area (Å²) >= 11 is 0. The maximum atomic E-state index is 9.59. The van der Waals surface area contributed by atoms with Crippen molar-refractivity contribution >= 4 is 11.6 Å². The summed E-state index contributed by atoms with van der Waals surface area (Å²) in [6.45, 7) is 4.50. The number of methoxy groups -OCH3 is 1. The van der Waals surface area contributed by atoms with Crippen molar-refractivity contribution < 1.29 is 14.6 Å². The third-order valence-corrected chi connectivity index (χ3v) is 3.43. The largest absolute Gasteiger partial charge is 0.504 e. The Morgan fingerprint density at radius 1 is 1.20 bits per heavy atom. The minimum absolute atomic E-state index is 0.126. The number of rotatable bonds is 7. The van der Waals surface area contributed by atoms with Crippen LogP contribution in [0, 0.1) is 0 Å². The van der Waals surface area contributed by atoms with Crippen LogP contribution in [-0.4, -0.2) is 30.8 Å². The summed E-state index contributed by atoms with van der Waals surface area (Å²) in [4.78, 5) is 4.31. The average Bonchev–Trinajstić information content (AvgIpc) is 2.57. The molecule has 0 spiro atoms. The fourth-order valence-electron chi connectivity index (χ4n) is 2.26. The molecule has 0 aliphatic carbocycles. The number of aliphatic imine (C=N–C) groups is 1. The molecule has 25 heavy (non-hydrogen) atoms. The molecule has 0 bridgehead atoms. The number of guanidine groups is 1. The predicted octanol–water partition coefficient (Wildman–Crippen LogP) is 3.16. The molecule has 6 nitrogen and oxygen atoms in total. The van der Waals surface area contributed by atoms with Gasteiger partial charge in [0.15, 0.2) is 17.5 Å². The number of hydrogen-bond donors (Lipinski definition) is 3. The van der Waals surface area contributed by atoms with Gasteiger partial charge in [-0.1, -0.05) is 6.07 Å². The van der Waals surface area contributed by atoms with Crippen molar-refractivity contribution in [3.8, 4) is 17.2 Å². The molecule has 0 fully saturated rings. The van der Waals surface area contributed by atoms with Gasteiger partial charge in [-0.15, -0.1) is 0 Å². The third-order valence-electron chi connectivity index (χ3n) is 3.43. The maximum Gasteiger partial charge on any atom is 0.193 e. The molecule has 6 heteroatoms. The standard InChI is InChI=1S/C19H25N3O3/c1-13(2)25-16-7-5-15(6-8-16)22-19(20)21-11-10-14-4-9-17(23)18(12-14)24-3/h4-9,12-13,23H,10-11H2,1-3H3,(H3,20,21,22). The van der Waals surface area contributed by atoms with E-state index in [2.05, 4.69) is 10.3 Å². The van der Waals surface area contributed by atoms with Crippen molar-refractivity contribution in [3.63, 3.8) is 0 Å². The number of ether oxygens (including phenoxy) is 2. The van der Waals surface area contributed by atoms with E-state index in [4.69, 9.17) is 15.2 Å². The van der Waals surface area contributed by atoms with Crippen molar-refractivity contribution in [3.05, 3.63) is 48.0 Å². The Bertz CT molecular complexity index is 712. The Balaban J connectivity index is 1.87. The Morgan fingerprint density at radius 2 is 1.92 bits per heavy atom. The van der Waals surface area contributed by atoms with Gasteiger partial charge in [0.25, 0.3) is 0 Å². The van der Waals surface area contributed by atoms with Crippen molar-refractivity contribution in [2.24, 2.45) is 10.7 Å². The molecule has 134 valence electrons. The van der Waals surface area contributed by atoms with Crippen LogP contribution in [0.2, 0.25) is 0 Å². The first-order chi connectivity index (χ1) is 12.0. The van der Waals surface area contributed by atoms with Gasteiger partial charge in [0, 0.05) is 12.2 Å². The molecule has 0 aromatic heterocycles. The molecule has 4 N–H and O–H groups in total. The summed E-state index contributed by atoms with van der Waals surface area (Å²) in [6, 6.07) is 12.8. The zero-order valence-electron chi connectivity index (χ0n) is 14.8. The third kappa shape index (κ3) is 5.91. The highest BCUT2D eigenvalue weighted by atomic mass is 16.5.